The molecule has 1 aliphatic carbocycles. The molecular formula is C14H22N2O. The van der Waals surface area contributed by atoms with Crippen LogP contribution in [0.25, 0.3) is 0 Å². The molecule has 0 atom stereocenters. The summed E-state index contributed by atoms with van der Waals surface area (Å²) in [6.07, 6.45) is 5.89. The Bertz CT molecular complexity index is 374. The minimum Gasteiger partial charge on any atom is -0.392 e. The summed E-state index contributed by atoms with van der Waals surface area (Å²) >= 11 is 0. The normalized spacial score (nSPS) is 15.7. The summed E-state index contributed by atoms with van der Waals surface area (Å²) in [5.41, 5.74) is 3.12. The molecule has 1 heterocycles. The highest BCUT2D eigenvalue weighted by Gasteiger charge is 2.21. The number of aliphatic hydroxyl groups excluding tert-OH is 1. The lowest BCUT2D eigenvalue weighted by Gasteiger charge is -2.34. The fourth-order valence-corrected chi connectivity index (χ4v) is 2.37. The van der Waals surface area contributed by atoms with Crippen molar-refractivity contribution in [3.8, 4) is 0 Å². The van der Waals surface area contributed by atoms with Crippen molar-refractivity contribution in [3.63, 3.8) is 0 Å². The molecule has 2 rings (SSSR count). The molecule has 17 heavy (non-hydrogen) atoms. The largest absolute Gasteiger partial charge is 0.392 e. The molecule has 0 aliphatic heterocycles. The molecule has 1 saturated carbocycles. The summed E-state index contributed by atoms with van der Waals surface area (Å²) in [4.78, 5) is 6.63. The van der Waals surface area contributed by atoms with Crippen LogP contribution in [-0.4, -0.2) is 23.2 Å². The fraction of sp³-hybridized carbons (Fsp3) is 0.643. The van der Waals surface area contributed by atoms with E-state index in [4.69, 9.17) is 0 Å². The van der Waals surface area contributed by atoms with Crippen LogP contribution in [-0.2, 0) is 6.61 Å². The second kappa shape index (κ2) is 5.50. The van der Waals surface area contributed by atoms with Crippen LogP contribution in [0.4, 0.5) is 5.69 Å². The standard InChI is InChI=1S/C14H22N2O/c1-3-16(9-12-5-4-6-12)14-7-11(2)15-8-13(14)10-17/h7-8,12,17H,3-6,9-10H2,1-2H3. The van der Waals surface area contributed by atoms with Gasteiger partial charge < -0.3 is 10.0 Å². The van der Waals surface area contributed by atoms with E-state index in [-0.39, 0.29) is 6.61 Å². The van der Waals surface area contributed by atoms with E-state index in [0.717, 1.165) is 36.0 Å². The van der Waals surface area contributed by atoms with Crippen molar-refractivity contribution in [2.24, 2.45) is 5.92 Å². The number of pyridine rings is 1. The lowest BCUT2D eigenvalue weighted by Crippen LogP contribution is -2.33. The van der Waals surface area contributed by atoms with Gasteiger partial charge >= 0.3 is 0 Å². The van der Waals surface area contributed by atoms with Crippen molar-refractivity contribution in [2.75, 3.05) is 18.0 Å². The van der Waals surface area contributed by atoms with E-state index in [2.05, 4.69) is 22.9 Å². The number of hydrogen-bond donors (Lipinski definition) is 1. The number of aliphatic hydroxyl groups is 1. The predicted molar refractivity (Wildman–Crippen MR) is 70.1 cm³/mol. The summed E-state index contributed by atoms with van der Waals surface area (Å²) in [5.74, 6) is 0.843. The Balaban J connectivity index is 2.18. The molecule has 0 bridgehead atoms. The molecule has 3 heteroatoms. The van der Waals surface area contributed by atoms with Crippen LogP contribution in [0.3, 0.4) is 0 Å². The molecule has 0 radical (unpaired) electrons. The van der Waals surface area contributed by atoms with E-state index in [1.807, 2.05) is 6.92 Å². The van der Waals surface area contributed by atoms with Crippen LogP contribution in [0, 0.1) is 12.8 Å². The number of nitrogens with zero attached hydrogens (tertiary/aromatic N) is 2. The van der Waals surface area contributed by atoms with E-state index in [1.54, 1.807) is 6.20 Å². The summed E-state index contributed by atoms with van der Waals surface area (Å²) in [5, 5.41) is 9.39. The fourth-order valence-electron chi connectivity index (χ4n) is 2.37. The van der Waals surface area contributed by atoms with E-state index >= 15 is 0 Å². The Morgan fingerprint density at radius 2 is 2.24 bits per heavy atom. The van der Waals surface area contributed by atoms with Gasteiger partial charge in [0.25, 0.3) is 0 Å². The molecule has 1 aromatic heterocycles. The average molecular weight is 234 g/mol. The molecule has 0 aromatic carbocycles. The predicted octanol–water partition coefficient (Wildman–Crippen LogP) is 2.51. The lowest BCUT2D eigenvalue weighted by molar-refractivity contribution is 0.280. The minimum atomic E-state index is 0.0732. The van der Waals surface area contributed by atoms with Gasteiger partial charge in [-0.15, -0.1) is 0 Å². The smallest absolute Gasteiger partial charge is 0.0717 e. The van der Waals surface area contributed by atoms with Crippen molar-refractivity contribution in [1.29, 1.82) is 0 Å². The van der Waals surface area contributed by atoms with Gasteiger partial charge in [-0.1, -0.05) is 6.42 Å². The van der Waals surface area contributed by atoms with E-state index in [1.165, 1.54) is 19.3 Å². The van der Waals surface area contributed by atoms with Crippen LogP contribution in [0.15, 0.2) is 12.3 Å². The number of rotatable bonds is 5. The lowest BCUT2D eigenvalue weighted by atomic mass is 9.85. The Labute approximate surface area is 103 Å². The monoisotopic (exact) mass is 234 g/mol. The third kappa shape index (κ3) is 2.78. The molecule has 0 amide bonds. The second-order valence-corrected chi connectivity index (χ2v) is 4.95. The maximum absolute atomic E-state index is 9.39. The highest BCUT2D eigenvalue weighted by Crippen LogP contribution is 2.30. The van der Waals surface area contributed by atoms with Gasteiger partial charge in [0, 0.05) is 36.2 Å². The molecule has 94 valence electrons. The number of aromatic nitrogens is 1. The minimum absolute atomic E-state index is 0.0732. The van der Waals surface area contributed by atoms with Gasteiger partial charge in [0.1, 0.15) is 0 Å². The Morgan fingerprint density at radius 3 is 2.76 bits per heavy atom. The van der Waals surface area contributed by atoms with E-state index < -0.39 is 0 Å². The quantitative estimate of drug-likeness (QED) is 0.850. The zero-order chi connectivity index (χ0) is 12.3. The topological polar surface area (TPSA) is 36.4 Å². The second-order valence-electron chi connectivity index (χ2n) is 4.95. The van der Waals surface area contributed by atoms with Crippen molar-refractivity contribution < 1.29 is 5.11 Å². The molecule has 0 saturated heterocycles. The zero-order valence-electron chi connectivity index (χ0n) is 10.8. The third-order valence-corrected chi connectivity index (χ3v) is 3.69. The van der Waals surface area contributed by atoms with Gasteiger partial charge in [-0.25, -0.2) is 0 Å². The van der Waals surface area contributed by atoms with Gasteiger partial charge in [0.2, 0.25) is 0 Å². The maximum atomic E-state index is 9.39. The van der Waals surface area contributed by atoms with Gasteiger partial charge in [-0.2, -0.15) is 0 Å². The van der Waals surface area contributed by atoms with E-state index in [0.29, 0.717) is 0 Å². The van der Waals surface area contributed by atoms with Crippen LogP contribution in [0.1, 0.15) is 37.4 Å². The van der Waals surface area contributed by atoms with Gasteiger partial charge in [-0.05, 0) is 38.7 Å². The zero-order valence-corrected chi connectivity index (χ0v) is 10.8. The SMILES string of the molecule is CCN(CC1CCC1)c1cc(C)ncc1CO. The van der Waals surface area contributed by atoms with Crippen molar-refractivity contribution in [1.82, 2.24) is 4.98 Å². The molecule has 0 spiro atoms. The molecule has 3 nitrogen and oxygen atoms in total. The molecule has 1 fully saturated rings. The van der Waals surface area contributed by atoms with Crippen LogP contribution < -0.4 is 4.90 Å². The summed E-state index contributed by atoms with van der Waals surface area (Å²) in [6, 6.07) is 2.09. The first kappa shape index (κ1) is 12.4. The first-order valence-electron chi connectivity index (χ1n) is 6.56. The first-order valence-corrected chi connectivity index (χ1v) is 6.56. The van der Waals surface area contributed by atoms with Crippen molar-refractivity contribution in [2.45, 2.75) is 39.7 Å². The van der Waals surface area contributed by atoms with Gasteiger partial charge in [0.15, 0.2) is 0 Å². The number of aryl methyl sites for hydroxylation is 1. The van der Waals surface area contributed by atoms with Crippen LogP contribution in [0.5, 0.6) is 0 Å². The van der Waals surface area contributed by atoms with Crippen LogP contribution in [0.2, 0.25) is 0 Å². The molecule has 1 aromatic rings. The molecule has 1 N–H and O–H groups in total. The van der Waals surface area contributed by atoms with Crippen molar-refractivity contribution >= 4 is 5.69 Å². The summed E-state index contributed by atoms with van der Waals surface area (Å²) in [6.45, 7) is 6.36. The van der Waals surface area contributed by atoms with E-state index in [9.17, 15) is 5.11 Å². The molecule has 0 unspecified atom stereocenters. The van der Waals surface area contributed by atoms with Gasteiger partial charge in [0.05, 0.1) is 6.61 Å². The maximum Gasteiger partial charge on any atom is 0.0717 e. The Kier molecular flexibility index (Phi) is 4.00. The average Bonchev–Trinajstić information content (AvgIpc) is 2.28. The Morgan fingerprint density at radius 1 is 1.47 bits per heavy atom. The van der Waals surface area contributed by atoms with Crippen molar-refractivity contribution in [3.05, 3.63) is 23.5 Å². The first-order chi connectivity index (χ1) is 8.24. The third-order valence-electron chi connectivity index (χ3n) is 3.69. The number of hydrogen-bond acceptors (Lipinski definition) is 3. The highest BCUT2D eigenvalue weighted by atomic mass is 16.3. The highest BCUT2D eigenvalue weighted by molar-refractivity contribution is 5.53. The van der Waals surface area contributed by atoms with Gasteiger partial charge in [-0.3, -0.25) is 4.98 Å². The molecular weight excluding hydrogens is 212 g/mol. The number of anilines is 1. The summed E-state index contributed by atoms with van der Waals surface area (Å²) in [7, 11) is 0. The van der Waals surface area contributed by atoms with Crippen LogP contribution >= 0.6 is 0 Å². The summed E-state index contributed by atoms with van der Waals surface area (Å²) < 4.78 is 0. The molecule has 1 aliphatic rings. The Hall–Kier alpha value is -1.09.